The Bertz CT molecular complexity index is 2510. The molecule has 0 spiro atoms. The third-order valence-electron chi connectivity index (χ3n) is 16.6. The number of fused-ring (bicyclic) bond motifs is 2. The van der Waals surface area contributed by atoms with Crippen LogP contribution in [0.5, 0.6) is 0 Å². The van der Waals surface area contributed by atoms with Crippen LogP contribution in [0.1, 0.15) is 131 Å². The Labute approximate surface area is 523 Å². The van der Waals surface area contributed by atoms with Gasteiger partial charge in [0.25, 0.3) is 0 Å². The molecule has 22 nitrogen and oxygen atoms in total. The molecule has 10 amide bonds. The molecule has 3 heterocycles. The van der Waals surface area contributed by atoms with Crippen LogP contribution in [0.15, 0.2) is 60.7 Å². The SMILES string of the molecule is CC(C)C[C@@H]1NC(=O)[C@H](CCC[N+](C)(C)C)NC(=O)[C@H](C(C)C)NC(=O)[C@@H]2CCCN2C(=O)[C@@H](Cc2ccccc2)NC(=O)[C@H](CC(C)C)NC(=O)[C@H](CCC[N+](C)(C)C)NC(=O)[C@H](C(C)C)NC(=O)[C@@H]2CCCN2C(=O)[C@@H](Cc2ccccc2)NC1=O. The summed E-state index contributed by atoms with van der Waals surface area (Å²) < 4.78 is 1.13. The number of hydrogen-bond donors (Lipinski definition) is 8. The highest BCUT2D eigenvalue weighted by atomic mass is 16.2. The van der Waals surface area contributed by atoms with Gasteiger partial charge in [-0.25, -0.2) is 0 Å². The fourth-order valence-electron chi connectivity index (χ4n) is 11.8. The second kappa shape index (κ2) is 33.0. The van der Waals surface area contributed by atoms with Gasteiger partial charge in [0.2, 0.25) is 59.1 Å². The Kier molecular flexibility index (Phi) is 27.0. The molecule has 0 radical (unpaired) electrons. The van der Waals surface area contributed by atoms with Crippen LogP contribution in [0.4, 0.5) is 0 Å². The van der Waals surface area contributed by atoms with E-state index in [-0.39, 0.29) is 76.3 Å². The van der Waals surface area contributed by atoms with Crippen LogP contribution in [0.25, 0.3) is 0 Å². The van der Waals surface area contributed by atoms with Gasteiger partial charge in [0.05, 0.1) is 55.4 Å². The van der Waals surface area contributed by atoms with Crippen LogP contribution >= 0.6 is 0 Å². The minimum Gasteiger partial charge on any atom is -0.343 e. The summed E-state index contributed by atoms with van der Waals surface area (Å²) in [7, 11) is 12.0. The molecule has 5 rings (SSSR count). The van der Waals surface area contributed by atoms with Crippen molar-refractivity contribution in [2.45, 2.75) is 193 Å². The van der Waals surface area contributed by atoms with Crippen molar-refractivity contribution in [3.8, 4) is 0 Å². The molecule has 3 fully saturated rings. The number of carbonyl (C=O) groups excluding carboxylic acids is 10. The Morgan fingerprint density at radius 1 is 0.398 bits per heavy atom. The first-order valence-electron chi connectivity index (χ1n) is 32.0. The summed E-state index contributed by atoms with van der Waals surface area (Å²) in [5.41, 5.74) is 1.45. The van der Waals surface area contributed by atoms with Crippen LogP contribution in [-0.2, 0) is 60.8 Å². The summed E-state index contributed by atoms with van der Waals surface area (Å²) in [4.78, 5) is 151. The van der Waals surface area contributed by atoms with Gasteiger partial charge in [0, 0.05) is 25.9 Å². The van der Waals surface area contributed by atoms with E-state index in [2.05, 4.69) is 42.5 Å². The number of nitrogens with one attached hydrogen (secondary N) is 8. The van der Waals surface area contributed by atoms with Crippen LogP contribution in [-0.4, -0.2) is 207 Å². The lowest BCUT2D eigenvalue weighted by Crippen LogP contribution is -2.62. The van der Waals surface area contributed by atoms with E-state index >= 15 is 9.59 Å². The number of amides is 10. The number of nitrogens with zero attached hydrogens (tertiary/aromatic N) is 4. The maximum absolute atomic E-state index is 15.1. The molecule has 10 atom stereocenters. The number of carbonyl (C=O) groups is 10. The summed E-state index contributed by atoms with van der Waals surface area (Å²) >= 11 is 0. The van der Waals surface area contributed by atoms with E-state index in [9.17, 15) is 38.4 Å². The zero-order valence-electron chi connectivity index (χ0n) is 55.0. The molecule has 488 valence electrons. The van der Waals surface area contributed by atoms with E-state index in [1.54, 1.807) is 27.7 Å². The summed E-state index contributed by atoms with van der Waals surface area (Å²) in [6, 6.07) is 6.70. The van der Waals surface area contributed by atoms with Gasteiger partial charge < -0.3 is 61.3 Å². The predicted molar refractivity (Wildman–Crippen MR) is 338 cm³/mol. The lowest BCUT2D eigenvalue weighted by molar-refractivity contribution is -0.870. The lowest BCUT2D eigenvalue weighted by atomic mass is 9.98. The highest BCUT2D eigenvalue weighted by Crippen LogP contribution is 2.24. The van der Waals surface area contributed by atoms with Gasteiger partial charge in [-0.05, 0) is 99.0 Å². The highest BCUT2D eigenvalue weighted by molar-refractivity contribution is 6.00. The molecule has 2 aromatic rings. The Morgan fingerprint density at radius 2 is 0.705 bits per heavy atom. The minimum absolute atomic E-state index is 0.0416. The second-order valence-electron chi connectivity index (χ2n) is 28.2. The van der Waals surface area contributed by atoms with Crippen LogP contribution in [0.2, 0.25) is 0 Å². The van der Waals surface area contributed by atoms with Crippen molar-refractivity contribution in [1.29, 1.82) is 0 Å². The maximum atomic E-state index is 15.1. The zero-order valence-corrected chi connectivity index (χ0v) is 55.0. The van der Waals surface area contributed by atoms with Gasteiger partial charge in [0.15, 0.2) is 0 Å². The highest BCUT2D eigenvalue weighted by Gasteiger charge is 2.43. The summed E-state index contributed by atoms with van der Waals surface area (Å²) in [6.07, 6.45) is 3.14. The maximum Gasteiger partial charge on any atom is 0.246 e. The molecule has 3 aliphatic rings. The minimum atomic E-state index is -1.21. The van der Waals surface area contributed by atoms with Crippen LogP contribution < -0.4 is 42.5 Å². The van der Waals surface area contributed by atoms with Gasteiger partial charge in [-0.3, -0.25) is 47.9 Å². The normalized spacial score (nSPS) is 26.0. The molecule has 88 heavy (non-hydrogen) atoms. The van der Waals surface area contributed by atoms with Crippen molar-refractivity contribution < 1.29 is 56.9 Å². The third kappa shape index (κ3) is 22.3. The van der Waals surface area contributed by atoms with Crippen LogP contribution in [0.3, 0.4) is 0 Å². The molecule has 3 saturated heterocycles. The molecule has 0 aromatic heterocycles. The van der Waals surface area contributed by atoms with Crippen molar-refractivity contribution in [3.05, 3.63) is 71.8 Å². The van der Waals surface area contributed by atoms with E-state index in [4.69, 9.17) is 0 Å². The molecular formula is C66H106N12O10+2. The second-order valence-corrected chi connectivity index (χ2v) is 28.2. The van der Waals surface area contributed by atoms with E-state index in [1.165, 1.54) is 9.80 Å². The van der Waals surface area contributed by atoms with Crippen molar-refractivity contribution >= 4 is 59.1 Å². The van der Waals surface area contributed by atoms with Crippen LogP contribution in [0, 0.1) is 23.7 Å². The fourth-order valence-corrected chi connectivity index (χ4v) is 11.8. The summed E-state index contributed by atoms with van der Waals surface area (Å²) in [5.74, 6) is -7.38. The summed E-state index contributed by atoms with van der Waals surface area (Å²) in [6.45, 7) is 16.2. The largest absolute Gasteiger partial charge is 0.343 e. The van der Waals surface area contributed by atoms with Crippen molar-refractivity contribution in [3.63, 3.8) is 0 Å². The Hall–Kier alpha value is -6.94. The number of rotatable bonds is 18. The average molecular weight is 1230 g/mol. The molecule has 0 saturated carbocycles. The topological polar surface area (TPSA) is 273 Å². The molecule has 2 aromatic carbocycles. The van der Waals surface area contributed by atoms with E-state index < -0.39 is 131 Å². The number of hydrogen-bond acceptors (Lipinski definition) is 10. The van der Waals surface area contributed by atoms with E-state index in [0.717, 1.165) is 11.1 Å². The quantitative estimate of drug-likeness (QED) is 0.101. The number of quaternary nitrogens is 2. The fraction of sp³-hybridized carbons (Fsp3) is 0.667. The Balaban J connectivity index is 1.62. The monoisotopic (exact) mass is 1230 g/mol. The molecule has 22 heteroatoms. The van der Waals surface area contributed by atoms with Gasteiger partial charge in [0.1, 0.15) is 60.4 Å². The predicted octanol–water partition coefficient (Wildman–Crippen LogP) is 2.72. The van der Waals surface area contributed by atoms with Gasteiger partial charge in [-0.1, -0.05) is 116 Å². The van der Waals surface area contributed by atoms with Crippen molar-refractivity contribution in [1.82, 2.24) is 52.3 Å². The van der Waals surface area contributed by atoms with Gasteiger partial charge in [-0.15, -0.1) is 0 Å². The zero-order chi connectivity index (χ0) is 65.2. The average Bonchev–Trinajstić information content (AvgIpc) is 4.06. The lowest BCUT2D eigenvalue weighted by Gasteiger charge is -2.33. The third-order valence-corrected chi connectivity index (χ3v) is 16.6. The first-order chi connectivity index (χ1) is 41.3. The Morgan fingerprint density at radius 3 is 1.01 bits per heavy atom. The molecule has 0 aliphatic carbocycles. The molecule has 3 aliphatic heterocycles. The molecular weight excluding hydrogens is 1120 g/mol. The van der Waals surface area contributed by atoms with Crippen molar-refractivity contribution in [2.24, 2.45) is 23.7 Å². The molecule has 8 N–H and O–H groups in total. The standard InChI is InChI=1S/C66H104N12O10/c1-41(2)37-49-59(81)71-51(39-45-25-17-15-18-26-45)65(87)75-33-21-31-53(75)61(83)74-56(44(7)8)64(86)68-48(30-24-36-78(12,13)14)58(80)70-50(38-42(3)4)60(82)72-52(40-46-27-19-16-20-28-46)66(88)76-34-22-32-54(76)62(84)73-55(43(5)6)63(85)67-47(57(79)69-49)29-23-35-77(9,10)11/h15-20,25-28,41-44,47-56H,21-24,29-40H2,1-14H3,(H6-2,67,68,69,70,71,72,73,74,79,80,81,82,83,84,85,86)/p+2/t47-,48-,49-,50-,51+,52+,53-,54-,55-,56-/m0/s1. The summed E-state index contributed by atoms with van der Waals surface area (Å²) in [5, 5.41) is 23.5. The van der Waals surface area contributed by atoms with Gasteiger partial charge >= 0.3 is 0 Å². The van der Waals surface area contributed by atoms with E-state index in [1.807, 2.05) is 131 Å². The first kappa shape index (κ1) is 71.8. The molecule has 0 bridgehead atoms. The number of benzene rings is 2. The van der Waals surface area contributed by atoms with Crippen molar-refractivity contribution in [2.75, 3.05) is 68.5 Å². The molecule has 0 unspecified atom stereocenters. The van der Waals surface area contributed by atoms with E-state index in [0.29, 0.717) is 47.7 Å². The first-order valence-corrected chi connectivity index (χ1v) is 32.0. The van der Waals surface area contributed by atoms with Gasteiger partial charge in [-0.2, -0.15) is 0 Å². The smallest absolute Gasteiger partial charge is 0.246 e.